The first-order valence-electron chi connectivity index (χ1n) is 6.78. The van der Waals surface area contributed by atoms with Gasteiger partial charge in [-0.15, -0.1) is 0 Å². The molecule has 0 aliphatic heterocycles. The summed E-state index contributed by atoms with van der Waals surface area (Å²) in [5, 5.41) is 0. The lowest BCUT2D eigenvalue weighted by Crippen LogP contribution is -2.19. The first kappa shape index (κ1) is 18.0. The summed E-state index contributed by atoms with van der Waals surface area (Å²) in [4.78, 5) is 11.1. The summed E-state index contributed by atoms with van der Waals surface area (Å²) in [6.45, 7) is -0.113. The first-order valence-corrected chi connectivity index (χ1v) is 8.43. The molecule has 0 bridgehead atoms. The minimum Gasteiger partial charge on any atom is -0.460 e. The number of halogens is 3. The standard InChI is InChI=1S/C16H13F3O4S/c17-16(18,19)13-7-4-8-14(9-13)24(21,22)11-15(20)23-10-12-5-2-1-3-6-12/h1-9H,10-11H2. The molecule has 4 nitrogen and oxygen atoms in total. The molecule has 2 aromatic carbocycles. The van der Waals surface area contributed by atoms with Gasteiger partial charge in [0.05, 0.1) is 10.5 Å². The number of ether oxygens (including phenoxy) is 1. The van der Waals surface area contributed by atoms with Gasteiger partial charge in [0.15, 0.2) is 15.6 Å². The topological polar surface area (TPSA) is 60.4 Å². The second-order valence-corrected chi connectivity index (χ2v) is 6.92. The molecule has 128 valence electrons. The van der Waals surface area contributed by atoms with E-state index in [0.29, 0.717) is 11.6 Å². The molecule has 0 radical (unpaired) electrons. The monoisotopic (exact) mass is 358 g/mol. The molecule has 0 aliphatic carbocycles. The summed E-state index contributed by atoms with van der Waals surface area (Å²) in [6.07, 6.45) is -4.67. The fourth-order valence-corrected chi connectivity index (χ4v) is 3.04. The van der Waals surface area contributed by atoms with E-state index in [-0.39, 0.29) is 6.61 Å². The van der Waals surface area contributed by atoms with E-state index in [2.05, 4.69) is 0 Å². The SMILES string of the molecule is O=C(CS(=O)(=O)c1cccc(C(F)(F)F)c1)OCc1ccccc1. The van der Waals surface area contributed by atoms with E-state index in [1.54, 1.807) is 30.3 Å². The number of carbonyl (C=O) groups is 1. The number of hydrogen-bond acceptors (Lipinski definition) is 4. The van der Waals surface area contributed by atoms with Gasteiger partial charge in [-0.05, 0) is 23.8 Å². The third kappa shape index (κ3) is 4.82. The summed E-state index contributed by atoms with van der Waals surface area (Å²) in [5.41, 5.74) is -0.427. The summed E-state index contributed by atoms with van der Waals surface area (Å²) in [7, 11) is -4.22. The third-order valence-electron chi connectivity index (χ3n) is 3.07. The fourth-order valence-electron chi connectivity index (χ4n) is 1.88. The molecule has 0 fully saturated rings. The van der Waals surface area contributed by atoms with E-state index in [0.717, 1.165) is 18.2 Å². The van der Waals surface area contributed by atoms with Gasteiger partial charge in [-0.1, -0.05) is 36.4 Å². The molecule has 0 amide bonds. The predicted octanol–water partition coefficient (Wildman–Crippen LogP) is 3.22. The van der Waals surface area contributed by atoms with Crippen LogP contribution in [0.2, 0.25) is 0 Å². The van der Waals surface area contributed by atoms with Gasteiger partial charge in [0, 0.05) is 0 Å². The van der Waals surface area contributed by atoms with Gasteiger partial charge < -0.3 is 4.74 Å². The average Bonchev–Trinajstić information content (AvgIpc) is 2.53. The van der Waals surface area contributed by atoms with Crippen molar-refractivity contribution in [3.05, 3.63) is 65.7 Å². The molecule has 2 rings (SSSR count). The molecule has 0 spiro atoms. The molecule has 0 atom stereocenters. The zero-order chi connectivity index (χ0) is 17.8. The highest BCUT2D eigenvalue weighted by Gasteiger charge is 2.32. The van der Waals surface area contributed by atoms with Gasteiger partial charge in [-0.3, -0.25) is 4.79 Å². The minimum absolute atomic E-state index is 0.113. The Balaban J connectivity index is 2.07. The summed E-state index contributed by atoms with van der Waals surface area (Å²) >= 11 is 0. The lowest BCUT2D eigenvalue weighted by molar-refractivity contribution is -0.141. The quantitative estimate of drug-likeness (QED) is 0.770. The summed E-state index contributed by atoms with van der Waals surface area (Å²) in [6, 6.07) is 11.8. The molecule has 0 heterocycles. The van der Waals surface area contributed by atoms with Gasteiger partial charge >= 0.3 is 12.1 Å². The van der Waals surface area contributed by atoms with Crippen molar-refractivity contribution in [1.82, 2.24) is 0 Å². The Morgan fingerprint density at radius 3 is 2.29 bits per heavy atom. The second-order valence-electron chi connectivity index (χ2n) is 4.93. The Bertz CT molecular complexity index is 815. The number of benzene rings is 2. The zero-order valence-corrected chi connectivity index (χ0v) is 13.1. The third-order valence-corrected chi connectivity index (χ3v) is 4.66. The Morgan fingerprint density at radius 2 is 1.67 bits per heavy atom. The summed E-state index contributed by atoms with van der Waals surface area (Å²) in [5.74, 6) is -2.06. The highest BCUT2D eigenvalue weighted by atomic mass is 32.2. The van der Waals surface area contributed by atoms with Gasteiger partial charge in [0.2, 0.25) is 0 Å². The van der Waals surface area contributed by atoms with Crippen molar-refractivity contribution in [3.8, 4) is 0 Å². The van der Waals surface area contributed by atoms with Gasteiger partial charge in [0.25, 0.3) is 0 Å². The molecule has 0 saturated carbocycles. The molecular weight excluding hydrogens is 345 g/mol. The van der Waals surface area contributed by atoms with Crippen LogP contribution in [0.3, 0.4) is 0 Å². The molecule has 2 aromatic rings. The van der Waals surface area contributed by atoms with Crippen molar-refractivity contribution in [3.63, 3.8) is 0 Å². The number of esters is 1. The van der Waals surface area contributed by atoms with Crippen LogP contribution in [0, 0.1) is 0 Å². The molecule has 0 unspecified atom stereocenters. The average molecular weight is 358 g/mol. The van der Waals surface area contributed by atoms with E-state index in [4.69, 9.17) is 4.74 Å². The summed E-state index contributed by atoms with van der Waals surface area (Å²) < 4.78 is 66.9. The van der Waals surface area contributed by atoms with E-state index < -0.39 is 38.2 Å². The van der Waals surface area contributed by atoms with Crippen LogP contribution in [-0.4, -0.2) is 20.1 Å². The number of rotatable bonds is 5. The van der Waals surface area contributed by atoms with Crippen molar-refractivity contribution >= 4 is 15.8 Å². The van der Waals surface area contributed by atoms with Crippen LogP contribution in [0.25, 0.3) is 0 Å². The maximum absolute atomic E-state index is 12.6. The van der Waals surface area contributed by atoms with Crippen molar-refractivity contribution in [2.75, 3.05) is 5.75 Å². The minimum atomic E-state index is -4.67. The fraction of sp³-hybridized carbons (Fsp3) is 0.188. The number of alkyl halides is 3. The predicted molar refractivity (Wildman–Crippen MR) is 79.7 cm³/mol. The van der Waals surface area contributed by atoms with E-state index in [1.807, 2.05) is 0 Å². The molecule has 0 aliphatic rings. The normalized spacial score (nSPS) is 12.0. The van der Waals surface area contributed by atoms with E-state index in [1.165, 1.54) is 0 Å². The number of hydrogen-bond donors (Lipinski definition) is 0. The Labute approximate surface area is 136 Å². The molecule has 24 heavy (non-hydrogen) atoms. The van der Waals surface area contributed by atoms with Crippen molar-refractivity contribution < 1.29 is 31.1 Å². The van der Waals surface area contributed by atoms with Crippen LogP contribution in [0.4, 0.5) is 13.2 Å². The second kappa shape index (κ2) is 7.04. The van der Waals surface area contributed by atoms with Gasteiger partial charge in [-0.25, -0.2) is 8.42 Å². The largest absolute Gasteiger partial charge is 0.460 e. The van der Waals surface area contributed by atoms with Crippen LogP contribution in [-0.2, 0) is 32.2 Å². The van der Waals surface area contributed by atoms with Crippen LogP contribution >= 0.6 is 0 Å². The molecule has 0 saturated heterocycles. The highest BCUT2D eigenvalue weighted by Crippen LogP contribution is 2.30. The smallest absolute Gasteiger partial charge is 0.416 e. The van der Waals surface area contributed by atoms with Crippen LogP contribution in [0.15, 0.2) is 59.5 Å². The van der Waals surface area contributed by atoms with Gasteiger partial charge in [0.1, 0.15) is 6.61 Å². The van der Waals surface area contributed by atoms with E-state index in [9.17, 15) is 26.4 Å². The number of carbonyl (C=O) groups excluding carboxylic acids is 1. The van der Waals surface area contributed by atoms with Crippen LogP contribution < -0.4 is 0 Å². The van der Waals surface area contributed by atoms with Crippen molar-refractivity contribution in [2.24, 2.45) is 0 Å². The Hall–Kier alpha value is -2.35. The van der Waals surface area contributed by atoms with Crippen molar-refractivity contribution in [2.45, 2.75) is 17.7 Å². The Morgan fingerprint density at radius 1 is 1.00 bits per heavy atom. The van der Waals surface area contributed by atoms with Gasteiger partial charge in [-0.2, -0.15) is 13.2 Å². The zero-order valence-electron chi connectivity index (χ0n) is 12.3. The van der Waals surface area contributed by atoms with Crippen LogP contribution in [0.5, 0.6) is 0 Å². The molecule has 8 heteroatoms. The maximum atomic E-state index is 12.6. The van der Waals surface area contributed by atoms with Crippen LogP contribution in [0.1, 0.15) is 11.1 Å². The molecule has 0 N–H and O–H groups in total. The Kier molecular flexibility index (Phi) is 5.28. The first-order chi connectivity index (χ1) is 11.2. The highest BCUT2D eigenvalue weighted by molar-refractivity contribution is 7.92. The van der Waals surface area contributed by atoms with E-state index >= 15 is 0 Å². The number of sulfone groups is 1. The molecular formula is C16H13F3O4S. The maximum Gasteiger partial charge on any atom is 0.416 e. The van der Waals surface area contributed by atoms with Crippen molar-refractivity contribution in [1.29, 1.82) is 0 Å². The lowest BCUT2D eigenvalue weighted by Gasteiger charge is -2.09. The lowest BCUT2D eigenvalue weighted by atomic mass is 10.2. The molecule has 0 aromatic heterocycles.